The summed E-state index contributed by atoms with van der Waals surface area (Å²) in [6.07, 6.45) is -0.747. The Balaban J connectivity index is 1.72. The quantitative estimate of drug-likeness (QED) is 0.471. The van der Waals surface area contributed by atoms with Gasteiger partial charge in [-0.05, 0) is 72.9 Å². The van der Waals surface area contributed by atoms with E-state index in [1.54, 1.807) is 25.1 Å². The molecule has 0 saturated heterocycles. The number of ether oxygens (including phenoxy) is 3. The highest BCUT2D eigenvalue weighted by atomic mass is 16.6. The standard InChI is InChI=1S/C24H29N3O5/c1-6-29-20-13-10-18(14-21(20)30-7-2)22-23(27-32-26-22)25-24(28)16(5)31-19-11-8-17(9-12-19)15(3)4/h8-16H,6-7H2,1-5H3,(H,25,27,28)/t16-/m0/s1. The topological polar surface area (TPSA) is 95.7 Å². The van der Waals surface area contributed by atoms with Gasteiger partial charge in [-0.1, -0.05) is 26.0 Å². The van der Waals surface area contributed by atoms with Crippen LogP contribution in [0.4, 0.5) is 5.82 Å². The SMILES string of the molecule is CCOc1ccc(-c2nonc2NC(=O)[C@H](C)Oc2ccc(C(C)C)cc2)cc1OCC. The number of hydrogen-bond donors (Lipinski definition) is 1. The minimum atomic E-state index is -0.747. The van der Waals surface area contributed by atoms with E-state index in [0.717, 1.165) is 0 Å². The third kappa shape index (κ3) is 5.57. The molecule has 1 N–H and O–H groups in total. The largest absolute Gasteiger partial charge is 0.490 e. The Morgan fingerprint density at radius 1 is 0.969 bits per heavy atom. The number of hydrogen-bond acceptors (Lipinski definition) is 7. The highest BCUT2D eigenvalue weighted by molar-refractivity contribution is 5.96. The predicted octanol–water partition coefficient (Wildman–Crippen LogP) is 5.06. The molecule has 1 heterocycles. The van der Waals surface area contributed by atoms with Gasteiger partial charge in [-0.2, -0.15) is 0 Å². The summed E-state index contributed by atoms with van der Waals surface area (Å²) in [5.74, 6) is 2.08. The number of rotatable bonds is 10. The van der Waals surface area contributed by atoms with Gasteiger partial charge in [-0.25, -0.2) is 4.63 Å². The van der Waals surface area contributed by atoms with Crippen molar-refractivity contribution < 1.29 is 23.6 Å². The molecule has 3 rings (SSSR count). The van der Waals surface area contributed by atoms with Crippen LogP contribution in [0.5, 0.6) is 17.2 Å². The van der Waals surface area contributed by atoms with Crippen molar-refractivity contribution in [2.24, 2.45) is 0 Å². The van der Waals surface area contributed by atoms with Crippen LogP contribution in [0.3, 0.4) is 0 Å². The Morgan fingerprint density at radius 3 is 2.31 bits per heavy atom. The monoisotopic (exact) mass is 439 g/mol. The zero-order valence-electron chi connectivity index (χ0n) is 19.0. The van der Waals surface area contributed by atoms with Crippen molar-refractivity contribution in [2.75, 3.05) is 18.5 Å². The first kappa shape index (κ1) is 23.1. The minimum absolute atomic E-state index is 0.201. The van der Waals surface area contributed by atoms with Gasteiger partial charge in [0, 0.05) is 5.56 Å². The molecule has 0 aliphatic carbocycles. The van der Waals surface area contributed by atoms with Crippen LogP contribution in [0.1, 0.15) is 46.1 Å². The lowest BCUT2D eigenvalue weighted by molar-refractivity contribution is -0.122. The average Bonchev–Trinajstić information content (AvgIpc) is 3.23. The highest BCUT2D eigenvalue weighted by Gasteiger charge is 2.21. The number of anilines is 1. The van der Waals surface area contributed by atoms with Gasteiger partial charge in [-0.15, -0.1) is 0 Å². The normalized spacial score (nSPS) is 11.8. The molecular weight excluding hydrogens is 410 g/mol. The van der Waals surface area contributed by atoms with Gasteiger partial charge in [0.2, 0.25) is 5.82 Å². The van der Waals surface area contributed by atoms with E-state index in [9.17, 15) is 4.79 Å². The highest BCUT2D eigenvalue weighted by Crippen LogP contribution is 2.34. The zero-order valence-corrected chi connectivity index (χ0v) is 19.0. The second-order valence-electron chi connectivity index (χ2n) is 7.46. The summed E-state index contributed by atoms with van der Waals surface area (Å²) in [7, 11) is 0. The van der Waals surface area contributed by atoms with Crippen molar-refractivity contribution in [1.82, 2.24) is 10.3 Å². The lowest BCUT2D eigenvalue weighted by atomic mass is 10.0. The molecule has 2 aromatic carbocycles. The van der Waals surface area contributed by atoms with Crippen LogP contribution in [0, 0.1) is 0 Å². The number of amides is 1. The number of nitrogens with zero attached hydrogens (tertiary/aromatic N) is 2. The molecule has 8 heteroatoms. The van der Waals surface area contributed by atoms with Crippen molar-refractivity contribution in [1.29, 1.82) is 0 Å². The summed E-state index contributed by atoms with van der Waals surface area (Å²) in [5.41, 5.74) is 2.26. The molecule has 1 atom stereocenters. The second-order valence-corrected chi connectivity index (χ2v) is 7.46. The number of benzene rings is 2. The third-order valence-electron chi connectivity index (χ3n) is 4.78. The maximum atomic E-state index is 12.7. The predicted molar refractivity (Wildman–Crippen MR) is 121 cm³/mol. The molecule has 0 aliphatic rings. The number of aromatic nitrogens is 2. The fourth-order valence-corrected chi connectivity index (χ4v) is 3.07. The fraction of sp³-hybridized carbons (Fsp3) is 0.375. The van der Waals surface area contributed by atoms with Crippen LogP contribution < -0.4 is 19.5 Å². The molecule has 0 spiro atoms. The van der Waals surface area contributed by atoms with Gasteiger partial charge in [0.15, 0.2) is 23.3 Å². The number of carbonyl (C=O) groups excluding carboxylic acids is 1. The minimum Gasteiger partial charge on any atom is -0.490 e. The molecule has 3 aromatic rings. The Hall–Kier alpha value is -3.55. The van der Waals surface area contributed by atoms with E-state index in [1.807, 2.05) is 38.1 Å². The summed E-state index contributed by atoms with van der Waals surface area (Å²) in [6.45, 7) is 10.7. The first-order chi connectivity index (χ1) is 15.4. The van der Waals surface area contributed by atoms with Gasteiger partial charge < -0.3 is 19.5 Å². The van der Waals surface area contributed by atoms with E-state index in [4.69, 9.17) is 18.8 Å². The van der Waals surface area contributed by atoms with Gasteiger partial charge in [0.25, 0.3) is 5.91 Å². The van der Waals surface area contributed by atoms with E-state index < -0.39 is 6.10 Å². The lowest BCUT2D eigenvalue weighted by Crippen LogP contribution is -2.30. The van der Waals surface area contributed by atoms with Crippen LogP contribution in [0.2, 0.25) is 0 Å². The maximum Gasteiger partial charge on any atom is 0.266 e. The van der Waals surface area contributed by atoms with Crippen molar-refractivity contribution in [2.45, 2.75) is 46.6 Å². The maximum absolute atomic E-state index is 12.7. The van der Waals surface area contributed by atoms with E-state index in [2.05, 4.69) is 29.5 Å². The Bertz CT molecular complexity index is 1030. The number of nitrogens with one attached hydrogen (secondary N) is 1. The second kappa shape index (κ2) is 10.7. The Morgan fingerprint density at radius 2 is 1.66 bits per heavy atom. The molecule has 0 bridgehead atoms. The van der Waals surface area contributed by atoms with E-state index >= 15 is 0 Å². The lowest BCUT2D eigenvalue weighted by Gasteiger charge is -2.15. The third-order valence-corrected chi connectivity index (χ3v) is 4.78. The molecule has 1 amide bonds. The summed E-state index contributed by atoms with van der Waals surface area (Å²) >= 11 is 0. The van der Waals surface area contributed by atoms with E-state index in [1.165, 1.54) is 5.56 Å². The van der Waals surface area contributed by atoms with Crippen molar-refractivity contribution in [3.8, 4) is 28.5 Å². The molecule has 170 valence electrons. The molecule has 32 heavy (non-hydrogen) atoms. The molecule has 0 fully saturated rings. The first-order valence-electron chi connectivity index (χ1n) is 10.7. The summed E-state index contributed by atoms with van der Waals surface area (Å²) in [6, 6.07) is 13.1. The van der Waals surface area contributed by atoms with Crippen molar-refractivity contribution >= 4 is 11.7 Å². The van der Waals surface area contributed by atoms with Crippen molar-refractivity contribution in [3.05, 3.63) is 48.0 Å². The fourth-order valence-electron chi connectivity index (χ4n) is 3.07. The van der Waals surface area contributed by atoms with Crippen LogP contribution in [-0.2, 0) is 4.79 Å². The number of carbonyl (C=O) groups is 1. The summed E-state index contributed by atoms with van der Waals surface area (Å²) in [5, 5.41) is 10.5. The smallest absolute Gasteiger partial charge is 0.266 e. The Kier molecular flexibility index (Phi) is 7.70. The average molecular weight is 440 g/mol. The van der Waals surface area contributed by atoms with Crippen LogP contribution >= 0.6 is 0 Å². The van der Waals surface area contributed by atoms with E-state index in [0.29, 0.717) is 47.6 Å². The van der Waals surface area contributed by atoms with Gasteiger partial charge >= 0.3 is 0 Å². The van der Waals surface area contributed by atoms with Gasteiger partial charge in [-0.3, -0.25) is 4.79 Å². The first-order valence-corrected chi connectivity index (χ1v) is 10.7. The molecule has 0 aliphatic heterocycles. The summed E-state index contributed by atoms with van der Waals surface area (Å²) < 4.78 is 21.9. The Labute approximate surface area is 187 Å². The van der Waals surface area contributed by atoms with Crippen LogP contribution in [0.25, 0.3) is 11.3 Å². The van der Waals surface area contributed by atoms with Crippen LogP contribution in [0.15, 0.2) is 47.1 Å². The van der Waals surface area contributed by atoms with E-state index in [-0.39, 0.29) is 11.7 Å². The summed E-state index contributed by atoms with van der Waals surface area (Å²) in [4.78, 5) is 12.7. The van der Waals surface area contributed by atoms with Gasteiger partial charge in [0.05, 0.1) is 13.2 Å². The zero-order chi connectivity index (χ0) is 23.1. The van der Waals surface area contributed by atoms with Crippen molar-refractivity contribution in [3.63, 3.8) is 0 Å². The molecule has 0 unspecified atom stereocenters. The van der Waals surface area contributed by atoms with Crippen LogP contribution in [-0.4, -0.2) is 35.5 Å². The molecule has 8 nitrogen and oxygen atoms in total. The molecule has 0 saturated carbocycles. The molecule has 1 aromatic heterocycles. The molecular formula is C24H29N3O5. The molecule has 0 radical (unpaired) electrons. The van der Waals surface area contributed by atoms with Gasteiger partial charge in [0.1, 0.15) is 5.75 Å².